The van der Waals surface area contributed by atoms with E-state index in [1.165, 1.54) is 4.90 Å². The summed E-state index contributed by atoms with van der Waals surface area (Å²) in [6, 6.07) is 0. The molecule has 10 heteroatoms. The number of rotatable bonds is 7. The second kappa shape index (κ2) is 7.22. The zero-order valence-electron chi connectivity index (χ0n) is 11.1. The predicted octanol–water partition coefficient (Wildman–Crippen LogP) is -3.36. The average Bonchev–Trinajstić information content (AvgIpc) is 2.75. The highest BCUT2D eigenvalue weighted by atomic mass is 16.4. The van der Waals surface area contributed by atoms with Gasteiger partial charge in [-0.3, -0.25) is 24.0 Å². The van der Waals surface area contributed by atoms with Crippen molar-refractivity contribution in [2.75, 3.05) is 26.2 Å². The minimum atomic E-state index is -1.20. The SMILES string of the molecule is NC(=O)C1CC(=O)N(CC(=O)NCC(=O)NCC(=O)O)C1. The van der Waals surface area contributed by atoms with Gasteiger partial charge in [-0.25, -0.2) is 0 Å². The number of nitrogens with one attached hydrogen (secondary N) is 2. The van der Waals surface area contributed by atoms with Gasteiger partial charge in [0.1, 0.15) is 6.54 Å². The van der Waals surface area contributed by atoms with Crippen LogP contribution in [0.3, 0.4) is 0 Å². The Morgan fingerprint density at radius 1 is 1.19 bits per heavy atom. The van der Waals surface area contributed by atoms with Gasteiger partial charge in [0, 0.05) is 13.0 Å². The molecule has 10 nitrogen and oxygen atoms in total. The monoisotopic (exact) mass is 300 g/mol. The standard InChI is InChI=1S/C11H16N4O6/c12-11(21)6-1-9(18)15(4-6)5-8(17)13-2-7(16)14-3-10(19)20/h6H,1-5H2,(H2,12,21)(H,13,17)(H,14,16)(H,19,20). The molecule has 0 spiro atoms. The number of nitrogens with two attached hydrogens (primary N) is 1. The van der Waals surface area contributed by atoms with Gasteiger partial charge in [0.25, 0.3) is 0 Å². The largest absolute Gasteiger partial charge is 0.480 e. The van der Waals surface area contributed by atoms with E-state index in [0.29, 0.717) is 0 Å². The maximum absolute atomic E-state index is 11.5. The first-order chi connectivity index (χ1) is 9.79. The summed E-state index contributed by atoms with van der Waals surface area (Å²) >= 11 is 0. The van der Waals surface area contributed by atoms with Gasteiger partial charge < -0.3 is 26.4 Å². The van der Waals surface area contributed by atoms with Crippen molar-refractivity contribution in [3.63, 3.8) is 0 Å². The van der Waals surface area contributed by atoms with Crippen LogP contribution in [0.2, 0.25) is 0 Å². The minimum absolute atomic E-state index is 0.0261. The molecule has 4 amide bonds. The van der Waals surface area contributed by atoms with Crippen LogP contribution in [0, 0.1) is 5.92 Å². The number of likely N-dealkylation sites (tertiary alicyclic amines) is 1. The molecule has 1 atom stereocenters. The number of primary amides is 1. The van der Waals surface area contributed by atoms with E-state index in [0.717, 1.165) is 0 Å². The van der Waals surface area contributed by atoms with E-state index in [9.17, 15) is 24.0 Å². The molecule has 21 heavy (non-hydrogen) atoms. The third kappa shape index (κ3) is 5.47. The Hall–Kier alpha value is -2.65. The highest BCUT2D eigenvalue weighted by Crippen LogP contribution is 2.16. The third-order valence-corrected chi connectivity index (χ3v) is 2.83. The third-order valence-electron chi connectivity index (χ3n) is 2.83. The summed E-state index contributed by atoms with van der Waals surface area (Å²) in [7, 11) is 0. The number of carbonyl (C=O) groups excluding carboxylic acids is 4. The molecular weight excluding hydrogens is 284 g/mol. The molecule has 0 aliphatic carbocycles. The normalized spacial score (nSPS) is 17.4. The van der Waals surface area contributed by atoms with E-state index in [1.54, 1.807) is 0 Å². The molecule has 5 N–H and O–H groups in total. The van der Waals surface area contributed by atoms with Gasteiger partial charge in [-0.1, -0.05) is 0 Å². The van der Waals surface area contributed by atoms with Crippen molar-refractivity contribution in [2.45, 2.75) is 6.42 Å². The van der Waals surface area contributed by atoms with Gasteiger partial charge in [-0.15, -0.1) is 0 Å². The smallest absolute Gasteiger partial charge is 0.322 e. The fourth-order valence-electron chi connectivity index (χ4n) is 1.76. The zero-order chi connectivity index (χ0) is 16.0. The first kappa shape index (κ1) is 16.4. The first-order valence-corrected chi connectivity index (χ1v) is 6.12. The van der Waals surface area contributed by atoms with Crippen molar-refractivity contribution in [1.82, 2.24) is 15.5 Å². The van der Waals surface area contributed by atoms with Crippen molar-refractivity contribution in [1.29, 1.82) is 0 Å². The lowest BCUT2D eigenvalue weighted by atomic mass is 10.1. The number of carboxylic acid groups (broad SMARTS) is 1. The molecule has 1 aliphatic rings. The van der Waals surface area contributed by atoms with Crippen molar-refractivity contribution >= 4 is 29.6 Å². The maximum Gasteiger partial charge on any atom is 0.322 e. The maximum atomic E-state index is 11.5. The fraction of sp³-hybridized carbons (Fsp3) is 0.545. The molecule has 0 aromatic rings. The summed E-state index contributed by atoms with van der Waals surface area (Å²) < 4.78 is 0. The number of nitrogens with zero attached hydrogens (tertiary/aromatic N) is 1. The van der Waals surface area contributed by atoms with Crippen LogP contribution in [-0.2, 0) is 24.0 Å². The molecule has 1 saturated heterocycles. The second-order valence-corrected chi connectivity index (χ2v) is 4.52. The molecule has 0 saturated carbocycles. The second-order valence-electron chi connectivity index (χ2n) is 4.52. The number of hydrogen-bond acceptors (Lipinski definition) is 5. The highest BCUT2D eigenvalue weighted by molar-refractivity contribution is 5.92. The quantitative estimate of drug-likeness (QED) is 0.384. The molecule has 1 rings (SSSR count). The van der Waals surface area contributed by atoms with Crippen molar-refractivity contribution < 1.29 is 29.1 Å². The van der Waals surface area contributed by atoms with Crippen LogP contribution in [0.25, 0.3) is 0 Å². The van der Waals surface area contributed by atoms with E-state index in [2.05, 4.69) is 10.6 Å². The van der Waals surface area contributed by atoms with Crippen molar-refractivity contribution in [2.24, 2.45) is 11.7 Å². The molecule has 1 aliphatic heterocycles. The Bertz CT molecular complexity index is 477. The summed E-state index contributed by atoms with van der Waals surface area (Å²) in [5.41, 5.74) is 5.09. The Balaban J connectivity index is 2.31. The number of hydrogen-bond donors (Lipinski definition) is 4. The Morgan fingerprint density at radius 2 is 1.81 bits per heavy atom. The summed E-state index contributed by atoms with van der Waals surface area (Å²) in [5, 5.41) is 12.7. The molecule has 1 unspecified atom stereocenters. The van der Waals surface area contributed by atoms with Gasteiger partial charge in [0.15, 0.2) is 0 Å². The topological polar surface area (TPSA) is 159 Å². The van der Waals surface area contributed by atoms with Crippen molar-refractivity contribution in [3.8, 4) is 0 Å². The molecular formula is C11H16N4O6. The molecule has 0 bridgehead atoms. The first-order valence-electron chi connectivity index (χ1n) is 6.12. The van der Waals surface area contributed by atoms with E-state index in [-0.39, 0.29) is 25.4 Å². The minimum Gasteiger partial charge on any atom is -0.480 e. The van der Waals surface area contributed by atoms with Crippen LogP contribution in [-0.4, -0.2) is 65.8 Å². The summed E-state index contributed by atoms with van der Waals surface area (Å²) in [6.45, 7) is -1.14. The lowest BCUT2D eigenvalue weighted by Gasteiger charge is -2.15. The summed E-state index contributed by atoms with van der Waals surface area (Å²) in [6.07, 6.45) is -0.0261. The molecule has 1 fully saturated rings. The van der Waals surface area contributed by atoms with Crippen LogP contribution in [0.1, 0.15) is 6.42 Å². The van der Waals surface area contributed by atoms with E-state index in [4.69, 9.17) is 10.8 Å². The summed E-state index contributed by atoms with van der Waals surface area (Å²) in [4.78, 5) is 56.6. The van der Waals surface area contributed by atoms with Gasteiger partial charge in [-0.2, -0.15) is 0 Å². The molecule has 1 heterocycles. The van der Waals surface area contributed by atoms with E-state index in [1.807, 2.05) is 0 Å². The van der Waals surface area contributed by atoms with E-state index >= 15 is 0 Å². The summed E-state index contributed by atoms with van der Waals surface area (Å²) in [5.74, 6) is -4.00. The molecule has 0 aromatic carbocycles. The Kier molecular flexibility index (Phi) is 5.64. The number of amides is 4. The van der Waals surface area contributed by atoms with Crippen LogP contribution >= 0.6 is 0 Å². The Labute approximate surface area is 119 Å². The molecule has 0 aromatic heterocycles. The van der Waals surface area contributed by atoms with Gasteiger partial charge >= 0.3 is 5.97 Å². The van der Waals surface area contributed by atoms with Crippen LogP contribution in [0.15, 0.2) is 0 Å². The Morgan fingerprint density at radius 3 is 2.33 bits per heavy atom. The van der Waals surface area contributed by atoms with E-state index < -0.39 is 42.7 Å². The van der Waals surface area contributed by atoms with Gasteiger partial charge in [-0.05, 0) is 0 Å². The van der Waals surface area contributed by atoms with Crippen LogP contribution in [0.4, 0.5) is 0 Å². The highest BCUT2D eigenvalue weighted by Gasteiger charge is 2.33. The average molecular weight is 300 g/mol. The molecule has 0 radical (unpaired) electrons. The lowest BCUT2D eigenvalue weighted by Crippen LogP contribution is -2.43. The zero-order valence-corrected chi connectivity index (χ0v) is 11.1. The van der Waals surface area contributed by atoms with Gasteiger partial charge in [0.2, 0.25) is 23.6 Å². The van der Waals surface area contributed by atoms with Crippen LogP contribution in [0.5, 0.6) is 0 Å². The number of aliphatic carboxylic acids is 1. The molecule has 116 valence electrons. The fourth-order valence-corrected chi connectivity index (χ4v) is 1.76. The number of carboxylic acids is 1. The number of carbonyl (C=O) groups is 5. The van der Waals surface area contributed by atoms with Gasteiger partial charge in [0.05, 0.1) is 19.0 Å². The lowest BCUT2D eigenvalue weighted by molar-refractivity contribution is -0.138. The predicted molar refractivity (Wildman–Crippen MR) is 67.5 cm³/mol. The van der Waals surface area contributed by atoms with Crippen molar-refractivity contribution in [3.05, 3.63) is 0 Å². The van der Waals surface area contributed by atoms with Crippen LogP contribution < -0.4 is 16.4 Å².